The molecule has 0 N–H and O–H groups in total. The summed E-state index contributed by atoms with van der Waals surface area (Å²) in [5.41, 5.74) is 0. The fourth-order valence-electron chi connectivity index (χ4n) is 1.16. The van der Waals surface area contributed by atoms with E-state index < -0.39 is 0 Å². The van der Waals surface area contributed by atoms with Crippen LogP contribution in [0.15, 0.2) is 0 Å². The second kappa shape index (κ2) is 9.47. The molecule has 0 rings (SSSR count). The van der Waals surface area contributed by atoms with Crippen LogP contribution in [-0.2, 0) is 9.47 Å². The Morgan fingerprint density at radius 3 is 2.36 bits per heavy atom. The summed E-state index contributed by atoms with van der Waals surface area (Å²) in [5, 5.41) is 0. The Kier molecular flexibility index (Phi) is 9.42. The Hall–Kier alpha value is -0.0800. The lowest BCUT2D eigenvalue weighted by atomic mass is 10.2. The number of rotatable bonds is 9. The van der Waals surface area contributed by atoms with Gasteiger partial charge in [-0.15, -0.1) is 0 Å². The highest BCUT2D eigenvalue weighted by molar-refractivity contribution is 4.54. The van der Waals surface area contributed by atoms with Crippen LogP contribution in [0, 0.1) is 6.92 Å². The molecule has 0 spiro atoms. The molecule has 2 atom stereocenters. The normalized spacial score (nSPS) is 13.5. The summed E-state index contributed by atoms with van der Waals surface area (Å²) < 4.78 is 10.9. The molecule has 0 aromatic rings. The molecule has 14 heavy (non-hydrogen) atoms. The lowest BCUT2D eigenvalue weighted by Gasteiger charge is -2.15. The van der Waals surface area contributed by atoms with E-state index in [0.29, 0.717) is 6.61 Å². The summed E-state index contributed by atoms with van der Waals surface area (Å²) in [7, 11) is 0. The zero-order valence-corrected chi connectivity index (χ0v) is 9.92. The van der Waals surface area contributed by atoms with Crippen LogP contribution in [0.2, 0.25) is 0 Å². The van der Waals surface area contributed by atoms with E-state index in [0.717, 1.165) is 13.0 Å². The summed E-state index contributed by atoms with van der Waals surface area (Å²) in [6, 6.07) is 0. The molecule has 85 valence electrons. The Bertz CT molecular complexity index is 113. The highest BCUT2D eigenvalue weighted by Crippen LogP contribution is 2.01. The van der Waals surface area contributed by atoms with Gasteiger partial charge in [-0.2, -0.15) is 0 Å². The van der Waals surface area contributed by atoms with Crippen molar-refractivity contribution < 1.29 is 9.47 Å². The Labute approximate surface area is 89.0 Å². The molecule has 2 nitrogen and oxygen atoms in total. The van der Waals surface area contributed by atoms with Gasteiger partial charge in [-0.3, -0.25) is 0 Å². The third-order valence-electron chi connectivity index (χ3n) is 2.02. The molecule has 0 amide bonds. The minimum absolute atomic E-state index is 0.0566. The van der Waals surface area contributed by atoms with Crippen LogP contribution in [0.3, 0.4) is 0 Å². The monoisotopic (exact) mass is 201 g/mol. The van der Waals surface area contributed by atoms with Gasteiger partial charge < -0.3 is 9.47 Å². The van der Waals surface area contributed by atoms with Gasteiger partial charge in [0.2, 0.25) is 0 Å². The Morgan fingerprint density at radius 1 is 1.07 bits per heavy atom. The van der Waals surface area contributed by atoms with Crippen molar-refractivity contribution in [3.63, 3.8) is 0 Å². The van der Waals surface area contributed by atoms with Crippen molar-refractivity contribution in [1.82, 2.24) is 0 Å². The van der Waals surface area contributed by atoms with Crippen molar-refractivity contribution in [1.29, 1.82) is 0 Å². The van der Waals surface area contributed by atoms with Gasteiger partial charge >= 0.3 is 0 Å². The fraction of sp³-hybridized carbons (Fsp3) is 0.917. The summed E-state index contributed by atoms with van der Waals surface area (Å²) in [4.78, 5) is 0. The maximum absolute atomic E-state index is 5.59. The second-order valence-electron chi connectivity index (χ2n) is 3.89. The predicted molar refractivity (Wildman–Crippen MR) is 60.3 cm³/mol. The molecule has 2 unspecified atom stereocenters. The van der Waals surface area contributed by atoms with Crippen molar-refractivity contribution in [2.24, 2.45) is 0 Å². The fourth-order valence-corrected chi connectivity index (χ4v) is 1.16. The van der Waals surface area contributed by atoms with Crippen LogP contribution < -0.4 is 0 Å². The smallest absolute Gasteiger partial charge is 0.0780 e. The average Bonchev–Trinajstić information content (AvgIpc) is 2.14. The van der Waals surface area contributed by atoms with Crippen molar-refractivity contribution >= 4 is 0 Å². The average molecular weight is 201 g/mol. The molecule has 1 radical (unpaired) electrons. The van der Waals surface area contributed by atoms with Gasteiger partial charge in [-0.05, 0) is 27.2 Å². The van der Waals surface area contributed by atoms with Crippen molar-refractivity contribution in [2.45, 2.75) is 58.7 Å². The molecule has 0 heterocycles. The zero-order chi connectivity index (χ0) is 10.8. The molecule has 0 saturated carbocycles. The van der Waals surface area contributed by atoms with Gasteiger partial charge in [0.25, 0.3) is 0 Å². The van der Waals surface area contributed by atoms with Crippen LogP contribution in [0.4, 0.5) is 0 Å². The molecule has 0 saturated heterocycles. The quantitative estimate of drug-likeness (QED) is 0.533. The minimum atomic E-state index is 0.0566. The number of hydrogen-bond acceptors (Lipinski definition) is 2. The SMILES string of the molecule is [CH2]C(C)OCC(C)OCCCCCC. The van der Waals surface area contributed by atoms with Gasteiger partial charge in [0, 0.05) is 6.61 Å². The van der Waals surface area contributed by atoms with E-state index >= 15 is 0 Å². The number of unbranched alkanes of at least 4 members (excludes halogenated alkanes) is 3. The summed E-state index contributed by atoms with van der Waals surface area (Å²) in [5.74, 6) is 0. The van der Waals surface area contributed by atoms with Gasteiger partial charge in [-0.1, -0.05) is 26.2 Å². The maximum atomic E-state index is 5.59. The highest BCUT2D eigenvalue weighted by Gasteiger charge is 2.03. The zero-order valence-electron chi connectivity index (χ0n) is 9.92. The van der Waals surface area contributed by atoms with E-state index in [2.05, 4.69) is 13.8 Å². The third-order valence-corrected chi connectivity index (χ3v) is 2.02. The number of hydrogen-bond donors (Lipinski definition) is 0. The first-order chi connectivity index (χ1) is 6.66. The van der Waals surface area contributed by atoms with E-state index in [1.54, 1.807) is 0 Å². The molecule has 0 aromatic carbocycles. The van der Waals surface area contributed by atoms with E-state index in [4.69, 9.17) is 9.47 Å². The van der Waals surface area contributed by atoms with Crippen LogP contribution >= 0.6 is 0 Å². The van der Waals surface area contributed by atoms with Crippen LogP contribution in [-0.4, -0.2) is 25.4 Å². The number of ether oxygens (including phenoxy) is 2. The molecule has 0 aliphatic carbocycles. The highest BCUT2D eigenvalue weighted by atomic mass is 16.5. The van der Waals surface area contributed by atoms with Crippen LogP contribution in [0.5, 0.6) is 0 Å². The van der Waals surface area contributed by atoms with Gasteiger partial charge in [0.1, 0.15) is 0 Å². The first-order valence-corrected chi connectivity index (χ1v) is 5.73. The molecule has 0 aliphatic rings. The third kappa shape index (κ3) is 10.0. The van der Waals surface area contributed by atoms with Crippen LogP contribution in [0.25, 0.3) is 0 Å². The standard InChI is InChI=1S/C12H25O2/c1-5-6-7-8-9-13-12(4)10-14-11(2)3/h11-12H,2,5-10H2,1,3-4H3. The Morgan fingerprint density at radius 2 is 1.79 bits per heavy atom. The molecule has 2 heteroatoms. The van der Waals surface area contributed by atoms with Crippen molar-refractivity contribution in [2.75, 3.05) is 13.2 Å². The van der Waals surface area contributed by atoms with E-state index in [9.17, 15) is 0 Å². The van der Waals surface area contributed by atoms with Gasteiger partial charge in [-0.25, -0.2) is 0 Å². The molecule has 0 fully saturated rings. The molecular weight excluding hydrogens is 176 g/mol. The van der Waals surface area contributed by atoms with Gasteiger partial charge in [0.15, 0.2) is 0 Å². The summed E-state index contributed by atoms with van der Waals surface area (Å²) in [6.07, 6.45) is 5.28. The predicted octanol–water partition coefficient (Wildman–Crippen LogP) is 3.21. The van der Waals surface area contributed by atoms with E-state index in [1.165, 1.54) is 19.3 Å². The first-order valence-electron chi connectivity index (χ1n) is 5.73. The minimum Gasteiger partial charge on any atom is -0.376 e. The first kappa shape index (κ1) is 13.9. The van der Waals surface area contributed by atoms with Crippen LogP contribution in [0.1, 0.15) is 46.5 Å². The summed E-state index contributed by atoms with van der Waals surface area (Å²) in [6.45, 7) is 11.5. The lowest BCUT2D eigenvalue weighted by Crippen LogP contribution is -2.19. The topological polar surface area (TPSA) is 18.5 Å². The molecule has 0 aromatic heterocycles. The van der Waals surface area contributed by atoms with Crippen molar-refractivity contribution in [3.8, 4) is 0 Å². The summed E-state index contributed by atoms with van der Waals surface area (Å²) >= 11 is 0. The molecule has 0 bridgehead atoms. The second-order valence-corrected chi connectivity index (χ2v) is 3.89. The Balaban J connectivity index is 3.14. The van der Waals surface area contributed by atoms with E-state index in [1.807, 2.05) is 13.8 Å². The maximum Gasteiger partial charge on any atom is 0.0780 e. The lowest BCUT2D eigenvalue weighted by molar-refractivity contribution is -0.0211. The largest absolute Gasteiger partial charge is 0.376 e. The molecular formula is C12H25O2. The van der Waals surface area contributed by atoms with Crippen molar-refractivity contribution in [3.05, 3.63) is 6.92 Å². The van der Waals surface area contributed by atoms with Gasteiger partial charge in [0.05, 0.1) is 18.8 Å². The van der Waals surface area contributed by atoms with E-state index in [-0.39, 0.29) is 12.2 Å². The molecule has 0 aliphatic heterocycles.